The van der Waals surface area contributed by atoms with Gasteiger partial charge in [0.15, 0.2) is 0 Å². The molecule has 1 aromatic heterocycles. The predicted molar refractivity (Wildman–Crippen MR) is 88.9 cm³/mol. The number of aryl methyl sites for hydroxylation is 1. The van der Waals surface area contributed by atoms with E-state index in [0.29, 0.717) is 16.8 Å². The van der Waals surface area contributed by atoms with Crippen LogP contribution < -0.4 is 16.6 Å². The molecule has 1 aliphatic rings. The number of amides is 2. The zero-order valence-electron chi connectivity index (χ0n) is 13.6. The molecule has 0 saturated heterocycles. The molecule has 1 aliphatic heterocycles. The highest BCUT2D eigenvalue weighted by Crippen LogP contribution is 2.24. The summed E-state index contributed by atoms with van der Waals surface area (Å²) < 4.78 is 6.09. The van der Waals surface area contributed by atoms with E-state index in [-0.39, 0.29) is 23.6 Å². The van der Waals surface area contributed by atoms with Crippen LogP contribution in [-0.2, 0) is 4.74 Å². The fraction of sp³-hybridized carbons (Fsp3) is 0.176. The van der Waals surface area contributed by atoms with Gasteiger partial charge in [0, 0.05) is 6.07 Å². The second-order valence-electron chi connectivity index (χ2n) is 5.49. The zero-order valence-corrected chi connectivity index (χ0v) is 13.6. The molecule has 8 heteroatoms. The molecule has 128 valence electrons. The van der Waals surface area contributed by atoms with Gasteiger partial charge in [0.05, 0.1) is 29.0 Å². The van der Waals surface area contributed by atoms with Gasteiger partial charge in [-0.2, -0.15) is 0 Å². The van der Waals surface area contributed by atoms with Crippen LogP contribution in [-0.4, -0.2) is 29.0 Å². The van der Waals surface area contributed by atoms with E-state index in [2.05, 4.69) is 5.32 Å². The van der Waals surface area contributed by atoms with Crippen LogP contribution in [0.5, 0.6) is 0 Å². The number of carbonyl (C=O) groups excluding carboxylic acids is 3. The zero-order chi connectivity index (χ0) is 18.3. The van der Waals surface area contributed by atoms with Crippen molar-refractivity contribution in [2.24, 2.45) is 0 Å². The predicted octanol–water partition coefficient (Wildman–Crippen LogP) is 0.788. The van der Waals surface area contributed by atoms with E-state index in [1.165, 1.54) is 12.1 Å². The van der Waals surface area contributed by atoms with Crippen molar-refractivity contribution in [3.8, 4) is 5.69 Å². The molecule has 0 atom stereocenters. The third-order valence-corrected chi connectivity index (χ3v) is 3.92. The molecule has 3 N–H and O–H groups in total. The number of fused-ring (bicyclic) bond motifs is 1. The van der Waals surface area contributed by atoms with E-state index in [9.17, 15) is 19.2 Å². The molecule has 0 saturated carbocycles. The minimum absolute atomic E-state index is 0.0308. The quantitative estimate of drug-likeness (QED) is 0.629. The minimum Gasteiger partial charge on any atom is -0.462 e. The molecule has 0 unspecified atom stereocenters. The van der Waals surface area contributed by atoms with Gasteiger partial charge < -0.3 is 10.5 Å². The van der Waals surface area contributed by atoms with Gasteiger partial charge >= 0.3 is 5.97 Å². The number of carbonyl (C=O) groups is 3. The lowest BCUT2D eigenvalue weighted by Crippen LogP contribution is -2.24. The van der Waals surface area contributed by atoms with E-state index in [1.807, 2.05) is 0 Å². The first-order chi connectivity index (χ1) is 11.8. The first kappa shape index (κ1) is 16.4. The molecule has 3 rings (SSSR count). The number of nitrogens with zero attached hydrogens (tertiary/aromatic N) is 1. The third kappa shape index (κ3) is 2.57. The Morgan fingerprint density at radius 1 is 1.20 bits per heavy atom. The van der Waals surface area contributed by atoms with E-state index < -0.39 is 23.3 Å². The molecule has 0 bridgehead atoms. The van der Waals surface area contributed by atoms with Crippen LogP contribution in [0, 0.1) is 6.92 Å². The summed E-state index contributed by atoms with van der Waals surface area (Å²) in [4.78, 5) is 47.8. The molecule has 0 spiro atoms. The van der Waals surface area contributed by atoms with E-state index in [1.54, 1.807) is 19.9 Å². The number of benzene rings is 1. The van der Waals surface area contributed by atoms with Crippen molar-refractivity contribution in [3.05, 3.63) is 56.9 Å². The molecular weight excluding hydrogens is 326 g/mol. The summed E-state index contributed by atoms with van der Waals surface area (Å²) in [5.74, 6) is -1.89. The van der Waals surface area contributed by atoms with Crippen LogP contribution in [0.25, 0.3) is 5.69 Å². The van der Waals surface area contributed by atoms with Crippen molar-refractivity contribution in [2.75, 3.05) is 12.3 Å². The average Bonchev–Trinajstić information content (AvgIpc) is 2.82. The molecular formula is C17H15N3O5. The van der Waals surface area contributed by atoms with Crippen LogP contribution in [0.4, 0.5) is 5.82 Å². The molecule has 0 fully saturated rings. The molecule has 2 aromatic rings. The van der Waals surface area contributed by atoms with Crippen molar-refractivity contribution >= 4 is 23.6 Å². The number of pyridine rings is 1. The lowest BCUT2D eigenvalue weighted by Gasteiger charge is -2.13. The number of esters is 1. The Hall–Kier alpha value is -3.42. The molecule has 8 nitrogen and oxygen atoms in total. The number of hydrogen-bond donors (Lipinski definition) is 2. The summed E-state index contributed by atoms with van der Waals surface area (Å²) in [6.07, 6.45) is 0. The van der Waals surface area contributed by atoms with Gasteiger partial charge in [-0.1, -0.05) is 0 Å². The number of nitrogen functional groups attached to an aromatic ring is 1. The molecule has 0 radical (unpaired) electrons. The Morgan fingerprint density at radius 3 is 2.56 bits per heavy atom. The van der Waals surface area contributed by atoms with Gasteiger partial charge in [-0.3, -0.25) is 24.3 Å². The summed E-state index contributed by atoms with van der Waals surface area (Å²) in [6.45, 7) is 3.65. The Labute approximate surface area is 142 Å². The van der Waals surface area contributed by atoms with Crippen molar-refractivity contribution in [3.63, 3.8) is 0 Å². The fourth-order valence-corrected chi connectivity index (χ4v) is 2.77. The Morgan fingerprint density at radius 2 is 1.92 bits per heavy atom. The summed E-state index contributed by atoms with van der Waals surface area (Å²) in [7, 11) is 0. The number of rotatable bonds is 3. The number of anilines is 1. The van der Waals surface area contributed by atoms with Crippen LogP contribution in [0.1, 0.15) is 43.6 Å². The van der Waals surface area contributed by atoms with Crippen molar-refractivity contribution in [1.82, 2.24) is 9.88 Å². The number of nitrogens with one attached hydrogen (secondary N) is 1. The lowest BCUT2D eigenvalue weighted by atomic mass is 10.1. The number of imide groups is 1. The van der Waals surface area contributed by atoms with Crippen LogP contribution in [0.15, 0.2) is 29.1 Å². The highest BCUT2D eigenvalue weighted by atomic mass is 16.5. The highest BCUT2D eigenvalue weighted by molar-refractivity contribution is 6.23. The molecule has 25 heavy (non-hydrogen) atoms. The Kier molecular flexibility index (Phi) is 3.88. The van der Waals surface area contributed by atoms with Crippen molar-refractivity contribution < 1.29 is 19.1 Å². The Balaban J connectivity index is 2.16. The normalized spacial score (nSPS) is 12.7. The second kappa shape index (κ2) is 5.90. The second-order valence-corrected chi connectivity index (χ2v) is 5.49. The molecule has 0 aliphatic carbocycles. The third-order valence-electron chi connectivity index (χ3n) is 3.92. The monoisotopic (exact) mass is 341 g/mol. The van der Waals surface area contributed by atoms with Crippen LogP contribution in [0.3, 0.4) is 0 Å². The first-order valence-corrected chi connectivity index (χ1v) is 7.54. The van der Waals surface area contributed by atoms with Gasteiger partial charge in [-0.25, -0.2) is 4.79 Å². The maximum absolute atomic E-state index is 12.4. The van der Waals surface area contributed by atoms with E-state index in [4.69, 9.17) is 10.5 Å². The first-order valence-electron chi connectivity index (χ1n) is 7.54. The average molecular weight is 341 g/mol. The number of nitrogens with two attached hydrogens (primary N) is 1. The highest BCUT2D eigenvalue weighted by Gasteiger charge is 2.31. The van der Waals surface area contributed by atoms with Gasteiger partial charge in [0.2, 0.25) is 0 Å². The van der Waals surface area contributed by atoms with E-state index in [0.717, 1.165) is 10.6 Å². The molecule has 2 heterocycles. The van der Waals surface area contributed by atoms with Gasteiger partial charge in [0.1, 0.15) is 5.82 Å². The van der Waals surface area contributed by atoms with Crippen LogP contribution >= 0.6 is 0 Å². The summed E-state index contributed by atoms with van der Waals surface area (Å²) >= 11 is 0. The maximum Gasteiger partial charge on any atom is 0.338 e. The number of hydrogen-bond acceptors (Lipinski definition) is 6. The van der Waals surface area contributed by atoms with Crippen molar-refractivity contribution in [1.29, 1.82) is 0 Å². The standard InChI is InChI=1S/C17H15N3O5/c1-3-25-17(24)10-5-4-9(6-8(10)2)20-12(21)7-11-13(14(20)18)16(23)19-15(11)22/h4-7H,3,18H2,1-2H3,(H,19,22,23). The largest absolute Gasteiger partial charge is 0.462 e. The van der Waals surface area contributed by atoms with Gasteiger partial charge in [-0.05, 0) is 37.6 Å². The molecule has 1 aromatic carbocycles. The van der Waals surface area contributed by atoms with Gasteiger partial charge in [0.25, 0.3) is 17.4 Å². The summed E-state index contributed by atoms with van der Waals surface area (Å²) in [6, 6.07) is 5.71. The lowest BCUT2D eigenvalue weighted by molar-refractivity contribution is 0.0525. The number of ether oxygens (including phenoxy) is 1. The Bertz CT molecular complexity index is 991. The van der Waals surface area contributed by atoms with Crippen LogP contribution in [0.2, 0.25) is 0 Å². The smallest absolute Gasteiger partial charge is 0.338 e. The number of aromatic nitrogens is 1. The maximum atomic E-state index is 12.4. The topological polar surface area (TPSA) is 120 Å². The van der Waals surface area contributed by atoms with Crippen molar-refractivity contribution in [2.45, 2.75) is 13.8 Å². The summed E-state index contributed by atoms with van der Waals surface area (Å²) in [5, 5.41) is 2.11. The van der Waals surface area contributed by atoms with Gasteiger partial charge in [-0.15, -0.1) is 0 Å². The SMILES string of the molecule is CCOC(=O)c1ccc(-n2c(N)c3c(cc2=O)C(=O)NC3=O)cc1C. The van der Waals surface area contributed by atoms with E-state index >= 15 is 0 Å². The summed E-state index contributed by atoms with van der Waals surface area (Å²) in [5.41, 5.74) is 6.68. The fourth-order valence-electron chi connectivity index (χ4n) is 2.77. The molecule has 2 amide bonds. The minimum atomic E-state index is -0.648.